The Morgan fingerprint density at radius 2 is 1.91 bits per heavy atom. The average molecular weight is 302 g/mol. The van der Waals surface area contributed by atoms with Crippen LogP contribution in [-0.4, -0.2) is 66.2 Å². The standard InChI is InChI=1S/C16H22N4O2/c17-12-14-3-1-13(2-4-14)11-15(18)16(22)20-7-5-19(6-8-20)9-10-21/h1-4,15,21H,5-11,18H2. The van der Waals surface area contributed by atoms with Crippen molar-refractivity contribution in [3.8, 4) is 6.07 Å². The number of β-amino-alcohol motifs (C(OH)–C–C–N with tert-alkyl or cyclic N) is 1. The van der Waals surface area contributed by atoms with E-state index in [1.165, 1.54) is 0 Å². The number of amides is 1. The molecule has 6 nitrogen and oxygen atoms in total. The third kappa shape index (κ3) is 4.28. The molecule has 3 N–H and O–H groups in total. The minimum Gasteiger partial charge on any atom is -0.395 e. The molecule has 0 radical (unpaired) electrons. The largest absolute Gasteiger partial charge is 0.395 e. The summed E-state index contributed by atoms with van der Waals surface area (Å²) in [7, 11) is 0. The molecule has 1 heterocycles. The van der Waals surface area contributed by atoms with Crippen molar-refractivity contribution >= 4 is 5.91 Å². The van der Waals surface area contributed by atoms with Crippen LogP contribution in [0, 0.1) is 11.3 Å². The molecule has 1 aliphatic rings. The number of nitrogens with two attached hydrogens (primary N) is 1. The van der Waals surface area contributed by atoms with Gasteiger partial charge in [0.1, 0.15) is 0 Å². The Labute approximate surface area is 130 Å². The number of hydrogen-bond donors (Lipinski definition) is 2. The van der Waals surface area contributed by atoms with Gasteiger partial charge in [0.15, 0.2) is 0 Å². The fourth-order valence-corrected chi connectivity index (χ4v) is 2.62. The molecule has 22 heavy (non-hydrogen) atoms. The van der Waals surface area contributed by atoms with Crippen LogP contribution in [0.5, 0.6) is 0 Å². The molecule has 0 saturated carbocycles. The molecule has 1 aliphatic heterocycles. The molecular formula is C16H22N4O2. The molecule has 1 atom stereocenters. The van der Waals surface area contributed by atoms with Gasteiger partial charge >= 0.3 is 0 Å². The number of hydrogen-bond acceptors (Lipinski definition) is 5. The van der Waals surface area contributed by atoms with Crippen molar-refractivity contribution in [1.29, 1.82) is 5.26 Å². The third-order valence-corrected chi connectivity index (χ3v) is 3.96. The van der Waals surface area contributed by atoms with Gasteiger partial charge in [0, 0.05) is 32.7 Å². The second-order valence-corrected chi connectivity index (χ2v) is 5.51. The van der Waals surface area contributed by atoms with E-state index in [1.807, 2.05) is 12.1 Å². The molecule has 2 rings (SSSR count). The summed E-state index contributed by atoms with van der Waals surface area (Å²) in [6, 6.07) is 8.66. The van der Waals surface area contributed by atoms with Crippen molar-refractivity contribution < 1.29 is 9.90 Å². The molecule has 0 bridgehead atoms. The van der Waals surface area contributed by atoms with E-state index in [0.717, 1.165) is 18.7 Å². The Hall–Kier alpha value is -1.94. The lowest BCUT2D eigenvalue weighted by Crippen LogP contribution is -2.53. The SMILES string of the molecule is N#Cc1ccc(CC(N)C(=O)N2CCN(CCO)CC2)cc1. The molecule has 1 aromatic rings. The van der Waals surface area contributed by atoms with E-state index in [1.54, 1.807) is 17.0 Å². The Balaban J connectivity index is 1.85. The molecule has 1 saturated heterocycles. The maximum atomic E-state index is 12.4. The van der Waals surface area contributed by atoms with E-state index >= 15 is 0 Å². The second-order valence-electron chi connectivity index (χ2n) is 5.51. The highest BCUT2D eigenvalue weighted by Gasteiger charge is 2.25. The van der Waals surface area contributed by atoms with Crippen molar-refractivity contribution in [2.24, 2.45) is 5.73 Å². The zero-order valence-electron chi connectivity index (χ0n) is 12.6. The number of piperazine rings is 1. The number of nitriles is 1. The van der Waals surface area contributed by atoms with E-state index < -0.39 is 6.04 Å². The minimum absolute atomic E-state index is 0.0343. The fraction of sp³-hybridized carbons (Fsp3) is 0.500. The topological polar surface area (TPSA) is 93.6 Å². The van der Waals surface area contributed by atoms with Crippen LogP contribution in [0.1, 0.15) is 11.1 Å². The number of benzene rings is 1. The van der Waals surface area contributed by atoms with Crippen molar-refractivity contribution in [3.05, 3.63) is 35.4 Å². The first-order valence-electron chi connectivity index (χ1n) is 7.50. The monoisotopic (exact) mass is 302 g/mol. The predicted octanol–water partition coefficient (Wildman–Crippen LogP) is -0.435. The van der Waals surface area contributed by atoms with Crippen molar-refractivity contribution in [3.63, 3.8) is 0 Å². The van der Waals surface area contributed by atoms with Gasteiger partial charge in [-0.2, -0.15) is 5.26 Å². The fourth-order valence-electron chi connectivity index (χ4n) is 2.62. The van der Waals surface area contributed by atoms with Gasteiger partial charge in [-0.25, -0.2) is 0 Å². The van der Waals surface area contributed by atoms with E-state index in [-0.39, 0.29) is 12.5 Å². The minimum atomic E-state index is -0.558. The molecular weight excluding hydrogens is 280 g/mol. The maximum absolute atomic E-state index is 12.4. The highest BCUT2D eigenvalue weighted by atomic mass is 16.3. The van der Waals surface area contributed by atoms with Crippen LogP contribution in [-0.2, 0) is 11.2 Å². The number of aliphatic hydroxyl groups is 1. The zero-order chi connectivity index (χ0) is 15.9. The number of carbonyl (C=O) groups excluding carboxylic acids is 1. The van der Waals surface area contributed by atoms with E-state index in [4.69, 9.17) is 16.1 Å². The van der Waals surface area contributed by atoms with Crippen LogP contribution in [0.3, 0.4) is 0 Å². The Morgan fingerprint density at radius 1 is 1.27 bits per heavy atom. The molecule has 0 spiro atoms. The summed E-state index contributed by atoms with van der Waals surface area (Å²) >= 11 is 0. The lowest BCUT2D eigenvalue weighted by molar-refractivity contribution is -0.134. The van der Waals surface area contributed by atoms with Gasteiger partial charge in [0.2, 0.25) is 5.91 Å². The highest BCUT2D eigenvalue weighted by molar-refractivity contribution is 5.82. The van der Waals surface area contributed by atoms with E-state index in [9.17, 15) is 4.79 Å². The van der Waals surface area contributed by atoms with Crippen molar-refractivity contribution in [2.45, 2.75) is 12.5 Å². The molecule has 0 aromatic heterocycles. The van der Waals surface area contributed by atoms with Gasteiger partial charge < -0.3 is 15.7 Å². The predicted molar refractivity (Wildman–Crippen MR) is 82.9 cm³/mol. The first-order chi connectivity index (χ1) is 10.6. The summed E-state index contributed by atoms with van der Waals surface area (Å²) in [5.74, 6) is -0.0343. The lowest BCUT2D eigenvalue weighted by Gasteiger charge is -2.35. The summed E-state index contributed by atoms with van der Waals surface area (Å²) in [5.41, 5.74) is 7.59. The number of nitrogens with zero attached hydrogens (tertiary/aromatic N) is 3. The molecule has 1 fully saturated rings. The van der Waals surface area contributed by atoms with Crippen LogP contribution >= 0.6 is 0 Å². The van der Waals surface area contributed by atoms with Crippen molar-refractivity contribution in [2.75, 3.05) is 39.3 Å². The maximum Gasteiger partial charge on any atom is 0.239 e. The quantitative estimate of drug-likeness (QED) is 0.769. The summed E-state index contributed by atoms with van der Waals surface area (Å²) in [6.07, 6.45) is 0.474. The van der Waals surface area contributed by atoms with Gasteiger partial charge in [-0.3, -0.25) is 9.69 Å². The van der Waals surface area contributed by atoms with E-state index in [2.05, 4.69) is 11.0 Å². The van der Waals surface area contributed by atoms with E-state index in [0.29, 0.717) is 31.6 Å². The molecule has 1 amide bonds. The molecule has 118 valence electrons. The Kier molecular flexibility index (Phi) is 5.90. The van der Waals surface area contributed by atoms with Crippen LogP contribution in [0.2, 0.25) is 0 Å². The second kappa shape index (κ2) is 7.90. The Bertz CT molecular complexity index is 530. The zero-order valence-corrected chi connectivity index (χ0v) is 12.6. The van der Waals surface area contributed by atoms with Crippen LogP contribution in [0.15, 0.2) is 24.3 Å². The smallest absolute Gasteiger partial charge is 0.239 e. The summed E-state index contributed by atoms with van der Waals surface area (Å²) in [5, 5.41) is 17.7. The molecule has 1 unspecified atom stereocenters. The molecule has 0 aliphatic carbocycles. The van der Waals surface area contributed by atoms with Crippen LogP contribution in [0.4, 0.5) is 0 Å². The first kappa shape index (κ1) is 16.4. The third-order valence-electron chi connectivity index (χ3n) is 3.96. The van der Waals surface area contributed by atoms with Crippen molar-refractivity contribution in [1.82, 2.24) is 9.80 Å². The first-order valence-corrected chi connectivity index (χ1v) is 7.50. The number of aliphatic hydroxyl groups excluding tert-OH is 1. The molecule has 6 heteroatoms. The highest BCUT2D eigenvalue weighted by Crippen LogP contribution is 2.09. The number of rotatable bonds is 5. The summed E-state index contributed by atoms with van der Waals surface area (Å²) < 4.78 is 0. The van der Waals surface area contributed by atoms with Gasteiger partial charge in [0.25, 0.3) is 0 Å². The summed E-state index contributed by atoms with van der Waals surface area (Å²) in [6.45, 7) is 3.65. The average Bonchev–Trinajstić information content (AvgIpc) is 2.56. The molecule has 1 aromatic carbocycles. The van der Waals surface area contributed by atoms with Gasteiger partial charge in [-0.15, -0.1) is 0 Å². The van der Waals surface area contributed by atoms with Gasteiger partial charge in [-0.05, 0) is 24.1 Å². The number of carbonyl (C=O) groups is 1. The van der Waals surface area contributed by atoms with Crippen LogP contribution < -0.4 is 5.73 Å². The van der Waals surface area contributed by atoms with Gasteiger partial charge in [-0.1, -0.05) is 12.1 Å². The summed E-state index contributed by atoms with van der Waals surface area (Å²) in [4.78, 5) is 16.3. The normalized spacial score (nSPS) is 17.0. The Morgan fingerprint density at radius 3 is 2.45 bits per heavy atom. The lowest BCUT2D eigenvalue weighted by atomic mass is 10.0. The van der Waals surface area contributed by atoms with Crippen LogP contribution in [0.25, 0.3) is 0 Å². The van der Waals surface area contributed by atoms with Gasteiger partial charge in [0.05, 0.1) is 24.3 Å².